The molecule has 10 heteroatoms. The lowest BCUT2D eigenvalue weighted by atomic mass is 10.3. The molecule has 0 aliphatic heterocycles. The van der Waals surface area contributed by atoms with Crippen LogP contribution in [0, 0.1) is 6.92 Å². The molecule has 22 heavy (non-hydrogen) atoms. The van der Waals surface area contributed by atoms with Crippen LogP contribution in [0.15, 0.2) is 35.3 Å². The summed E-state index contributed by atoms with van der Waals surface area (Å²) in [5.74, 6) is 0. The summed E-state index contributed by atoms with van der Waals surface area (Å²) in [6, 6.07) is 0. The van der Waals surface area contributed by atoms with Gasteiger partial charge in [-0.05, 0) is 6.92 Å². The molecule has 0 saturated carbocycles. The molecule has 2 aromatic heterocycles. The first kappa shape index (κ1) is 16.4. The normalized spacial score (nSPS) is 12.1. The molecule has 0 bridgehead atoms. The monoisotopic (exact) mass is 343 g/mol. The minimum absolute atomic E-state index is 0.0669. The smallest absolute Gasteiger partial charge is 0.198 e. The third-order valence-electron chi connectivity index (χ3n) is 2.73. The van der Waals surface area contributed by atoms with E-state index in [1.165, 1.54) is 18.6 Å². The maximum absolute atomic E-state index is 12.4. The van der Waals surface area contributed by atoms with Gasteiger partial charge in [-0.3, -0.25) is 4.40 Å². The Morgan fingerprint density at radius 1 is 1.59 bits per heavy atom. The van der Waals surface area contributed by atoms with Crippen LogP contribution < -0.4 is 0 Å². The van der Waals surface area contributed by atoms with E-state index in [0.29, 0.717) is 17.8 Å². The largest absolute Gasteiger partial charge is 0.299 e. The molecular weight excluding hydrogens is 329 g/mol. The van der Waals surface area contributed by atoms with Crippen molar-refractivity contribution in [1.29, 1.82) is 0 Å². The highest BCUT2D eigenvalue weighted by Crippen LogP contribution is 2.17. The summed E-state index contributed by atoms with van der Waals surface area (Å²) in [7, 11) is -3.48. The molecule has 2 rings (SSSR count). The minimum atomic E-state index is -3.48. The van der Waals surface area contributed by atoms with Gasteiger partial charge in [-0.1, -0.05) is 6.58 Å². The first-order chi connectivity index (χ1) is 10.4. The van der Waals surface area contributed by atoms with Crippen molar-refractivity contribution in [2.75, 3.05) is 6.26 Å². The number of hydrogen-bond donors (Lipinski definition) is 0. The van der Waals surface area contributed by atoms with E-state index in [-0.39, 0.29) is 23.0 Å². The number of sulfone groups is 1. The second kappa shape index (κ2) is 6.44. The van der Waals surface area contributed by atoms with Crippen molar-refractivity contribution in [3.8, 4) is 0 Å². The summed E-state index contributed by atoms with van der Waals surface area (Å²) < 4.78 is 38.5. The van der Waals surface area contributed by atoms with Crippen LogP contribution in [0.2, 0.25) is 0 Å². The summed E-state index contributed by atoms with van der Waals surface area (Å²) >= 11 is -0.0754. The van der Waals surface area contributed by atoms with Crippen LogP contribution in [-0.2, 0) is 16.3 Å². The molecular formula is C12H14FN5O2S2. The van der Waals surface area contributed by atoms with E-state index < -0.39 is 9.84 Å². The number of rotatable bonds is 6. The van der Waals surface area contributed by atoms with Crippen molar-refractivity contribution in [2.24, 2.45) is 5.10 Å². The molecule has 7 nitrogen and oxygen atoms in total. The number of imidazole rings is 1. The predicted octanol–water partition coefficient (Wildman–Crippen LogP) is 1.95. The third kappa shape index (κ3) is 3.45. The lowest BCUT2D eigenvalue weighted by Gasteiger charge is -2.05. The quantitative estimate of drug-likeness (QED) is 0.453. The van der Waals surface area contributed by atoms with Gasteiger partial charge in [0, 0.05) is 43.2 Å². The number of fused-ring (bicyclic) bond motifs is 1. The lowest BCUT2D eigenvalue weighted by Crippen LogP contribution is -2.07. The van der Waals surface area contributed by atoms with Crippen molar-refractivity contribution < 1.29 is 12.3 Å². The van der Waals surface area contributed by atoms with Gasteiger partial charge in [0.15, 0.2) is 32.8 Å². The SMILES string of the molecule is C=CN(/N=C\Cc1cnc2c(S(C)(=O)=O)nc(C)cn12)SF. The van der Waals surface area contributed by atoms with Crippen LogP contribution in [0.1, 0.15) is 11.4 Å². The van der Waals surface area contributed by atoms with Gasteiger partial charge in [0.25, 0.3) is 0 Å². The van der Waals surface area contributed by atoms with Crippen molar-refractivity contribution in [3.05, 3.63) is 36.6 Å². The van der Waals surface area contributed by atoms with Crippen LogP contribution >= 0.6 is 12.3 Å². The zero-order valence-corrected chi connectivity index (χ0v) is 13.6. The minimum Gasteiger partial charge on any atom is -0.299 e. The third-order valence-corrected chi connectivity index (χ3v) is 4.09. The highest BCUT2D eigenvalue weighted by molar-refractivity contribution is 7.92. The molecule has 0 radical (unpaired) electrons. The van der Waals surface area contributed by atoms with Crippen molar-refractivity contribution in [2.45, 2.75) is 18.4 Å². The average Bonchev–Trinajstić information content (AvgIpc) is 2.84. The molecule has 0 saturated heterocycles. The number of hydrazone groups is 1. The van der Waals surface area contributed by atoms with Gasteiger partial charge in [0.05, 0.1) is 5.69 Å². The van der Waals surface area contributed by atoms with E-state index >= 15 is 0 Å². The van der Waals surface area contributed by atoms with Gasteiger partial charge in [-0.15, -0.1) is 3.89 Å². The Labute approximate surface area is 131 Å². The molecule has 0 amide bonds. The summed E-state index contributed by atoms with van der Waals surface area (Å²) in [6.07, 6.45) is 7.37. The number of hydrogen-bond acceptors (Lipinski definition) is 7. The number of nitrogens with zero attached hydrogens (tertiary/aromatic N) is 5. The fourth-order valence-electron chi connectivity index (χ4n) is 1.83. The second-order valence-corrected chi connectivity index (χ2v) is 6.90. The van der Waals surface area contributed by atoms with E-state index in [0.717, 1.165) is 10.7 Å². The fraction of sp³-hybridized carbons (Fsp3) is 0.250. The summed E-state index contributed by atoms with van der Waals surface area (Å²) in [5.41, 5.74) is 1.52. The Morgan fingerprint density at radius 3 is 2.91 bits per heavy atom. The fourth-order valence-corrected chi connectivity index (χ4v) is 2.78. The topological polar surface area (TPSA) is 79.9 Å². The highest BCUT2D eigenvalue weighted by Gasteiger charge is 2.18. The van der Waals surface area contributed by atoms with Gasteiger partial charge in [-0.25, -0.2) is 18.4 Å². The maximum Gasteiger partial charge on any atom is 0.198 e. The lowest BCUT2D eigenvalue weighted by molar-refractivity contribution is 0.598. The van der Waals surface area contributed by atoms with E-state index in [9.17, 15) is 12.3 Å². The number of halogens is 1. The molecule has 0 spiro atoms. The van der Waals surface area contributed by atoms with E-state index in [2.05, 4.69) is 21.6 Å². The Hall–Kier alpha value is -1.94. The zero-order chi connectivity index (χ0) is 16.3. The molecule has 0 fully saturated rings. The van der Waals surface area contributed by atoms with Crippen LogP contribution in [0.4, 0.5) is 3.89 Å². The Balaban J connectivity index is 2.42. The van der Waals surface area contributed by atoms with Crippen LogP contribution in [-0.4, -0.2) is 39.7 Å². The number of aryl methyl sites for hydroxylation is 1. The van der Waals surface area contributed by atoms with Crippen LogP contribution in [0.25, 0.3) is 5.65 Å². The van der Waals surface area contributed by atoms with Gasteiger partial charge in [0.1, 0.15) is 0 Å². The second-order valence-electron chi connectivity index (χ2n) is 4.46. The average molecular weight is 343 g/mol. The zero-order valence-electron chi connectivity index (χ0n) is 12.0. The van der Waals surface area contributed by atoms with Gasteiger partial charge < -0.3 is 0 Å². The summed E-state index contributed by atoms with van der Waals surface area (Å²) in [6.45, 7) is 5.11. The van der Waals surface area contributed by atoms with E-state index in [4.69, 9.17) is 0 Å². The Bertz CT molecular complexity index is 831. The molecule has 118 valence electrons. The molecule has 0 atom stereocenters. The summed E-state index contributed by atoms with van der Waals surface area (Å²) in [4.78, 5) is 8.15. The first-order valence-electron chi connectivity index (χ1n) is 6.13. The van der Waals surface area contributed by atoms with Gasteiger partial charge in [-0.2, -0.15) is 9.52 Å². The van der Waals surface area contributed by atoms with Gasteiger partial charge in [0.2, 0.25) is 0 Å². The molecule has 0 N–H and O–H groups in total. The molecule has 0 aliphatic carbocycles. The molecule has 0 aromatic carbocycles. The highest BCUT2D eigenvalue weighted by atomic mass is 32.2. The molecule has 2 heterocycles. The van der Waals surface area contributed by atoms with Crippen LogP contribution in [0.5, 0.6) is 0 Å². The molecule has 0 unspecified atom stereocenters. The Kier molecular flexibility index (Phi) is 4.81. The van der Waals surface area contributed by atoms with Gasteiger partial charge >= 0.3 is 0 Å². The Morgan fingerprint density at radius 2 is 2.32 bits per heavy atom. The standard InChI is InChI=1S/C12H14FN5O2S2/c1-4-18(21-13)15-6-5-10-7-14-11-12(22(3,19)20)16-9(2)8-17(10)11/h4,6-8H,1,5H2,2-3H3/b15-6-. The predicted molar refractivity (Wildman–Crippen MR) is 83.8 cm³/mol. The molecule has 0 aliphatic rings. The van der Waals surface area contributed by atoms with E-state index in [1.54, 1.807) is 17.5 Å². The molecule has 2 aromatic rings. The maximum atomic E-state index is 12.4. The van der Waals surface area contributed by atoms with Crippen LogP contribution in [0.3, 0.4) is 0 Å². The van der Waals surface area contributed by atoms with Crippen molar-refractivity contribution in [3.63, 3.8) is 0 Å². The van der Waals surface area contributed by atoms with Crippen molar-refractivity contribution >= 4 is 34.0 Å². The van der Waals surface area contributed by atoms with E-state index in [1.807, 2.05) is 0 Å². The van der Waals surface area contributed by atoms with Crippen molar-refractivity contribution in [1.82, 2.24) is 18.8 Å². The number of aromatic nitrogens is 3. The summed E-state index contributed by atoms with van der Waals surface area (Å²) in [5, 5.41) is 3.77. The first-order valence-corrected chi connectivity index (χ1v) is 8.70.